The number of carbonyl (C=O) groups excluding carboxylic acids is 1. The predicted molar refractivity (Wildman–Crippen MR) is 67.7 cm³/mol. The number of ether oxygens (including phenoxy) is 1. The first-order valence-electron chi connectivity index (χ1n) is 5.85. The van der Waals surface area contributed by atoms with Crippen molar-refractivity contribution in [2.24, 2.45) is 5.73 Å². The fraction of sp³-hybridized carbons (Fsp3) is 0.417. The van der Waals surface area contributed by atoms with Gasteiger partial charge in [0.25, 0.3) is 0 Å². The van der Waals surface area contributed by atoms with Crippen LogP contribution in [0.15, 0.2) is 18.2 Å². The summed E-state index contributed by atoms with van der Waals surface area (Å²) in [4.78, 5) is 12.4. The zero-order chi connectivity index (χ0) is 14.9. The maximum absolute atomic E-state index is 12.5. The van der Waals surface area contributed by atoms with Crippen molar-refractivity contribution in [3.63, 3.8) is 0 Å². The van der Waals surface area contributed by atoms with E-state index in [0.29, 0.717) is 25.2 Å². The minimum Gasteiger partial charge on any atom is -0.444 e. The summed E-state index contributed by atoms with van der Waals surface area (Å²) in [5.41, 5.74) is 4.61. The van der Waals surface area contributed by atoms with Crippen molar-refractivity contribution in [2.45, 2.75) is 18.7 Å². The van der Waals surface area contributed by atoms with Crippen molar-refractivity contribution in [2.75, 3.05) is 18.0 Å². The van der Waals surface area contributed by atoms with E-state index in [2.05, 4.69) is 0 Å². The van der Waals surface area contributed by atoms with Gasteiger partial charge in [0, 0.05) is 13.0 Å². The van der Waals surface area contributed by atoms with Gasteiger partial charge in [-0.25, -0.2) is 4.79 Å². The highest BCUT2D eigenvalue weighted by Crippen LogP contribution is 2.36. The number of amides is 1. The molecule has 1 unspecified atom stereocenters. The molecular weight excluding hydrogens is 297 g/mol. The molecule has 4 nitrogen and oxygen atoms in total. The quantitative estimate of drug-likeness (QED) is 0.913. The maximum Gasteiger partial charge on any atom is 0.416 e. The summed E-state index contributed by atoms with van der Waals surface area (Å²) in [6.07, 6.45) is -5.10. The zero-order valence-electron chi connectivity index (χ0n) is 10.3. The molecule has 1 aromatic carbocycles. The Morgan fingerprint density at radius 2 is 2.15 bits per heavy atom. The first kappa shape index (κ1) is 14.8. The molecule has 20 heavy (non-hydrogen) atoms. The van der Waals surface area contributed by atoms with Crippen molar-refractivity contribution in [1.82, 2.24) is 0 Å². The Kier molecular flexibility index (Phi) is 3.99. The number of nitrogens with two attached hydrogens (primary N) is 1. The van der Waals surface area contributed by atoms with E-state index in [1.807, 2.05) is 0 Å². The normalized spacial score (nSPS) is 19.2. The van der Waals surface area contributed by atoms with Crippen LogP contribution < -0.4 is 10.6 Å². The molecule has 0 saturated carbocycles. The molecule has 1 saturated heterocycles. The molecule has 0 aromatic heterocycles. The van der Waals surface area contributed by atoms with Crippen molar-refractivity contribution >= 4 is 23.4 Å². The molecule has 1 fully saturated rings. The van der Waals surface area contributed by atoms with E-state index in [1.54, 1.807) is 4.90 Å². The van der Waals surface area contributed by atoms with Gasteiger partial charge in [-0.1, -0.05) is 11.6 Å². The number of primary amides is 1. The van der Waals surface area contributed by atoms with Gasteiger partial charge in [0.2, 0.25) is 0 Å². The van der Waals surface area contributed by atoms with Crippen molar-refractivity contribution in [3.05, 3.63) is 28.8 Å². The number of hydrogen-bond acceptors (Lipinski definition) is 3. The largest absolute Gasteiger partial charge is 0.444 e. The Morgan fingerprint density at radius 3 is 2.70 bits per heavy atom. The van der Waals surface area contributed by atoms with Crippen molar-refractivity contribution in [3.8, 4) is 0 Å². The summed E-state index contributed by atoms with van der Waals surface area (Å²) in [5.74, 6) is 0. The smallest absolute Gasteiger partial charge is 0.416 e. The highest BCUT2D eigenvalue weighted by Gasteiger charge is 2.32. The van der Waals surface area contributed by atoms with E-state index < -0.39 is 17.8 Å². The van der Waals surface area contributed by atoms with E-state index in [4.69, 9.17) is 22.1 Å². The van der Waals surface area contributed by atoms with Gasteiger partial charge >= 0.3 is 12.3 Å². The Bertz CT molecular complexity index is 522. The highest BCUT2D eigenvalue weighted by atomic mass is 35.5. The number of carbonyl (C=O) groups is 1. The van der Waals surface area contributed by atoms with E-state index in [9.17, 15) is 18.0 Å². The fourth-order valence-electron chi connectivity index (χ4n) is 2.15. The second kappa shape index (κ2) is 5.40. The maximum atomic E-state index is 12.5. The second-order valence-corrected chi connectivity index (χ2v) is 4.86. The molecule has 0 aliphatic carbocycles. The standard InChI is InChI=1S/C12H12ClF3N2O2/c13-9-5-7(12(14,15)16)1-2-10(9)18-4-3-8(6-18)20-11(17)19/h1-2,5,8H,3-4,6H2,(H2,17,19). The van der Waals surface area contributed by atoms with Crippen LogP contribution in [0.3, 0.4) is 0 Å². The van der Waals surface area contributed by atoms with E-state index >= 15 is 0 Å². The minimum absolute atomic E-state index is 0.0135. The molecule has 1 atom stereocenters. The number of rotatable bonds is 2. The number of anilines is 1. The van der Waals surface area contributed by atoms with Crippen LogP contribution in [0.2, 0.25) is 5.02 Å². The van der Waals surface area contributed by atoms with E-state index in [-0.39, 0.29) is 11.1 Å². The monoisotopic (exact) mass is 308 g/mol. The molecule has 8 heteroatoms. The second-order valence-electron chi connectivity index (χ2n) is 4.46. The van der Waals surface area contributed by atoms with E-state index in [0.717, 1.165) is 12.1 Å². The number of nitrogens with zero attached hydrogens (tertiary/aromatic N) is 1. The third-order valence-electron chi connectivity index (χ3n) is 3.04. The van der Waals surface area contributed by atoms with Gasteiger partial charge in [-0.15, -0.1) is 0 Å². The first-order chi connectivity index (χ1) is 9.27. The van der Waals surface area contributed by atoms with Crippen molar-refractivity contribution < 1.29 is 22.7 Å². The summed E-state index contributed by atoms with van der Waals surface area (Å²) in [6.45, 7) is 0.886. The average molecular weight is 309 g/mol. The molecule has 1 aromatic rings. The van der Waals surface area contributed by atoms with Gasteiger partial charge in [-0.3, -0.25) is 0 Å². The average Bonchev–Trinajstić information content (AvgIpc) is 2.75. The molecule has 0 radical (unpaired) electrons. The van der Waals surface area contributed by atoms with Crippen LogP contribution in [0.1, 0.15) is 12.0 Å². The van der Waals surface area contributed by atoms with Crippen LogP contribution in [0.4, 0.5) is 23.7 Å². The van der Waals surface area contributed by atoms with Gasteiger partial charge in [-0.05, 0) is 18.2 Å². The Labute approximate surface area is 118 Å². The Morgan fingerprint density at radius 1 is 1.45 bits per heavy atom. The molecule has 1 heterocycles. The van der Waals surface area contributed by atoms with Gasteiger partial charge in [-0.2, -0.15) is 13.2 Å². The first-order valence-corrected chi connectivity index (χ1v) is 6.23. The summed E-state index contributed by atoms with van der Waals surface area (Å²) < 4.78 is 42.5. The summed E-state index contributed by atoms with van der Waals surface area (Å²) in [5, 5.41) is 0.0135. The van der Waals surface area contributed by atoms with Crippen LogP contribution in [0.5, 0.6) is 0 Å². The molecule has 2 rings (SSSR count). The van der Waals surface area contributed by atoms with Crippen LogP contribution >= 0.6 is 11.6 Å². The predicted octanol–water partition coefficient (Wildman–Crippen LogP) is 3.03. The molecule has 1 aliphatic rings. The minimum atomic E-state index is -4.43. The molecule has 2 N–H and O–H groups in total. The topological polar surface area (TPSA) is 55.6 Å². The van der Waals surface area contributed by atoms with Crippen LogP contribution in [-0.4, -0.2) is 25.3 Å². The third-order valence-corrected chi connectivity index (χ3v) is 3.35. The number of hydrogen-bond donors (Lipinski definition) is 1. The lowest BCUT2D eigenvalue weighted by Crippen LogP contribution is -2.27. The van der Waals surface area contributed by atoms with Crippen LogP contribution in [-0.2, 0) is 10.9 Å². The van der Waals surface area contributed by atoms with Crippen LogP contribution in [0, 0.1) is 0 Å². The number of halogens is 4. The molecule has 110 valence electrons. The molecule has 0 spiro atoms. The zero-order valence-corrected chi connectivity index (χ0v) is 11.0. The lowest BCUT2D eigenvalue weighted by molar-refractivity contribution is -0.137. The Balaban J connectivity index is 2.13. The lowest BCUT2D eigenvalue weighted by atomic mass is 10.2. The third kappa shape index (κ3) is 3.27. The fourth-order valence-corrected chi connectivity index (χ4v) is 2.45. The molecule has 0 bridgehead atoms. The van der Waals surface area contributed by atoms with E-state index in [1.165, 1.54) is 6.07 Å². The summed E-state index contributed by atoms with van der Waals surface area (Å²) >= 11 is 5.89. The lowest BCUT2D eigenvalue weighted by Gasteiger charge is -2.20. The number of benzene rings is 1. The number of alkyl halides is 3. The Hall–Kier alpha value is -1.63. The molecular formula is C12H12ClF3N2O2. The molecule has 1 amide bonds. The summed E-state index contributed by atoms with van der Waals surface area (Å²) in [7, 11) is 0. The van der Waals surface area contributed by atoms with Gasteiger partial charge in [0.1, 0.15) is 6.10 Å². The van der Waals surface area contributed by atoms with Gasteiger partial charge in [0.15, 0.2) is 0 Å². The van der Waals surface area contributed by atoms with Crippen molar-refractivity contribution in [1.29, 1.82) is 0 Å². The summed E-state index contributed by atoms with van der Waals surface area (Å²) in [6, 6.07) is 3.18. The van der Waals surface area contributed by atoms with Crippen LogP contribution in [0.25, 0.3) is 0 Å². The molecule has 1 aliphatic heterocycles. The van der Waals surface area contributed by atoms with Gasteiger partial charge in [0.05, 0.1) is 22.8 Å². The highest BCUT2D eigenvalue weighted by molar-refractivity contribution is 6.33. The van der Waals surface area contributed by atoms with Gasteiger partial charge < -0.3 is 15.4 Å². The SMILES string of the molecule is NC(=O)OC1CCN(c2ccc(C(F)(F)F)cc2Cl)C1.